The van der Waals surface area contributed by atoms with Gasteiger partial charge in [-0.05, 0) is 37.1 Å². The highest BCUT2D eigenvalue weighted by molar-refractivity contribution is 6.14. The highest BCUT2D eigenvalue weighted by atomic mass is 19.1. The molecule has 1 aliphatic heterocycles. The molecule has 3 amide bonds. The Morgan fingerprint density at radius 3 is 2.82 bits per heavy atom. The summed E-state index contributed by atoms with van der Waals surface area (Å²) in [7, 11) is 0. The zero-order valence-corrected chi connectivity index (χ0v) is 17.3. The molecule has 170 valence electrons. The maximum absolute atomic E-state index is 13.9. The highest BCUT2D eigenvalue weighted by Gasteiger charge is 2.26. The Kier molecular flexibility index (Phi) is 4.47. The van der Waals surface area contributed by atoms with Gasteiger partial charge in [-0.25, -0.2) is 9.18 Å². The molecule has 0 atom stereocenters. The normalized spacial score (nSPS) is 16.7. The van der Waals surface area contributed by atoms with E-state index in [-0.39, 0.29) is 23.5 Å². The van der Waals surface area contributed by atoms with Gasteiger partial charge in [0, 0.05) is 17.7 Å². The number of nitrogens with zero attached hydrogens (tertiary/aromatic N) is 5. The molecule has 1 saturated carbocycles. The van der Waals surface area contributed by atoms with Crippen LogP contribution in [-0.2, 0) is 4.79 Å². The van der Waals surface area contributed by atoms with Gasteiger partial charge in [0.05, 0.1) is 18.0 Å². The number of fused-ring (bicyclic) bond motifs is 1. The summed E-state index contributed by atoms with van der Waals surface area (Å²) in [4.78, 5) is 32.3. The third-order valence-electron chi connectivity index (χ3n) is 5.15. The van der Waals surface area contributed by atoms with E-state index < -0.39 is 17.8 Å². The maximum atomic E-state index is 13.9. The van der Waals surface area contributed by atoms with Gasteiger partial charge in [0.2, 0.25) is 5.95 Å². The Labute approximate surface area is 189 Å². The first-order chi connectivity index (χ1) is 16.5. The summed E-state index contributed by atoms with van der Waals surface area (Å²) < 4.78 is 26.5. The van der Waals surface area contributed by atoms with Crippen LogP contribution in [0.1, 0.15) is 18.4 Å². The lowest BCUT2D eigenvalue weighted by Crippen LogP contribution is -2.22. The van der Waals surface area contributed by atoms with Crippen LogP contribution in [0.2, 0.25) is 0 Å². The van der Waals surface area contributed by atoms with Crippen molar-refractivity contribution in [3.05, 3.63) is 53.7 Å². The second-order valence-corrected chi connectivity index (χ2v) is 7.67. The molecule has 4 aromatic rings. The number of imide groups is 1. The number of halogens is 1. The first kappa shape index (κ1) is 19.8. The molecule has 6 rings (SSSR count). The standard InChI is InChI=1S/C21H15FN8O4/c22-11-1-4-15(13(8-11)16-5-6-24-34-16)33-21-27-17-10(7-14-18(31)28-20(32)26-14)9-23-30(17)19(29-21)25-12-2-3-12/h1,4-9,12H,2-3H2,(H,25,27,29)(H2,26,28,31,32)/b14-7-. The van der Waals surface area contributed by atoms with Crippen LogP contribution in [0.25, 0.3) is 23.0 Å². The number of benzene rings is 1. The molecule has 12 nitrogen and oxygen atoms in total. The average Bonchev–Trinajstić information content (AvgIpc) is 3.18. The van der Waals surface area contributed by atoms with Gasteiger partial charge in [-0.15, -0.1) is 0 Å². The third kappa shape index (κ3) is 3.68. The van der Waals surface area contributed by atoms with Crippen molar-refractivity contribution in [2.75, 3.05) is 5.32 Å². The topological polar surface area (TPSA) is 149 Å². The van der Waals surface area contributed by atoms with Crippen molar-refractivity contribution in [3.63, 3.8) is 0 Å². The van der Waals surface area contributed by atoms with Crippen LogP contribution in [0.15, 0.2) is 46.9 Å². The van der Waals surface area contributed by atoms with Gasteiger partial charge in [0.1, 0.15) is 17.3 Å². The Balaban J connectivity index is 1.44. The van der Waals surface area contributed by atoms with E-state index in [1.807, 2.05) is 0 Å². The number of carbonyl (C=O) groups is 2. The molecule has 34 heavy (non-hydrogen) atoms. The molecule has 2 aliphatic rings. The van der Waals surface area contributed by atoms with Gasteiger partial charge >= 0.3 is 12.0 Å². The van der Waals surface area contributed by atoms with E-state index in [0.29, 0.717) is 28.5 Å². The lowest BCUT2D eigenvalue weighted by atomic mass is 10.1. The molecule has 3 aromatic heterocycles. The maximum Gasteiger partial charge on any atom is 0.327 e. The van der Waals surface area contributed by atoms with Crippen LogP contribution in [0.4, 0.5) is 15.1 Å². The summed E-state index contributed by atoms with van der Waals surface area (Å²) in [5.74, 6) is -0.0937. The summed E-state index contributed by atoms with van der Waals surface area (Å²) >= 11 is 0. The van der Waals surface area contributed by atoms with E-state index in [1.54, 1.807) is 6.07 Å². The molecular formula is C21H15FN8O4. The minimum absolute atomic E-state index is 0.0388. The second kappa shape index (κ2) is 7.65. The monoisotopic (exact) mass is 462 g/mol. The van der Waals surface area contributed by atoms with E-state index in [2.05, 4.69) is 36.2 Å². The summed E-state index contributed by atoms with van der Waals surface area (Å²) in [5, 5.41) is 15.8. The first-order valence-corrected chi connectivity index (χ1v) is 10.3. The van der Waals surface area contributed by atoms with Gasteiger partial charge in [0.15, 0.2) is 11.4 Å². The van der Waals surface area contributed by atoms with Crippen molar-refractivity contribution in [1.29, 1.82) is 0 Å². The Morgan fingerprint density at radius 1 is 1.21 bits per heavy atom. The van der Waals surface area contributed by atoms with E-state index in [4.69, 9.17) is 9.26 Å². The Morgan fingerprint density at radius 2 is 2.09 bits per heavy atom. The lowest BCUT2D eigenvalue weighted by Gasteiger charge is -2.11. The number of hydrogen-bond donors (Lipinski definition) is 3. The van der Waals surface area contributed by atoms with Gasteiger partial charge < -0.3 is 19.9 Å². The van der Waals surface area contributed by atoms with Gasteiger partial charge in [-0.1, -0.05) is 5.16 Å². The Bertz CT molecular complexity index is 1480. The molecule has 3 N–H and O–H groups in total. The summed E-state index contributed by atoms with van der Waals surface area (Å²) in [6.45, 7) is 0. The van der Waals surface area contributed by atoms with Crippen LogP contribution in [0.5, 0.6) is 11.8 Å². The smallest absolute Gasteiger partial charge is 0.327 e. The van der Waals surface area contributed by atoms with E-state index >= 15 is 0 Å². The van der Waals surface area contributed by atoms with Crippen molar-refractivity contribution in [3.8, 4) is 23.1 Å². The van der Waals surface area contributed by atoms with Crippen molar-refractivity contribution in [2.45, 2.75) is 18.9 Å². The molecule has 0 spiro atoms. The van der Waals surface area contributed by atoms with Crippen LogP contribution in [0.3, 0.4) is 0 Å². The predicted molar refractivity (Wildman–Crippen MR) is 114 cm³/mol. The molecule has 1 saturated heterocycles. The number of rotatable bonds is 6. The number of nitrogens with one attached hydrogen (secondary N) is 3. The number of ether oxygens (including phenoxy) is 1. The average molecular weight is 462 g/mol. The molecular weight excluding hydrogens is 447 g/mol. The molecule has 2 fully saturated rings. The molecule has 0 unspecified atom stereocenters. The summed E-state index contributed by atoms with van der Waals surface area (Å²) in [5.41, 5.74) is 1.17. The molecule has 0 radical (unpaired) electrons. The molecule has 1 aromatic carbocycles. The van der Waals surface area contributed by atoms with Crippen LogP contribution in [-0.4, -0.2) is 42.7 Å². The number of amides is 3. The highest BCUT2D eigenvalue weighted by Crippen LogP contribution is 2.34. The minimum Gasteiger partial charge on any atom is -0.423 e. The third-order valence-corrected chi connectivity index (χ3v) is 5.15. The van der Waals surface area contributed by atoms with Crippen molar-refractivity contribution < 1.29 is 23.2 Å². The molecule has 1 aliphatic carbocycles. The zero-order valence-electron chi connectivity index (χ0n) is 17.3. The van der Waals surface area contributed by atoms with Gasteiger partial charge in [-0.2, -0.15) is 19.6 Å². The Hall–Kier alpha value is -4.81. The zero-order chi connectivity index (χ0) is 23.2. The van der Waals surface area contributed by atoms with Crippen molar-refractivity contribution in [2.24, 2.45) is 0 Å². The molecule has 4 heterocycles. The van der Waals surface area contributed by atoms with Crippen molar-refractivity contribution in [1.82, 2.24) is 35.4 Å². The van der Waals surface area contributed by atoms with Crippen LogP contribution < -0.4 is 20.7 Å². The fourth-order valence-electron chi connectivity index (χ4n) is 3.40. The predicted octanol–water partition coefficient (Wildman–Crippen LogP) is 2.47. The fraction of sp³-hybridized carbons (Fsp3) is 0.143. The first-order valence-electron chi connectivity index (χ1n) is 10.3. The van der Waals surface area contributed by atoms with Crippen molar-refractivity contribution >= 4 is 29.6 Å². The molecule has 13 heteroatoms. The quantitative estimate of drug-likeness (QED) is 0.290. The summed E-state index contributed by atoms with van der Waals surface area (Å²) in [6.07, 6.45) is 6.36. The number of carbonyl (C=O) groups excluding carboxylic acids is 2. The number of anilines is 1. The number of hydrogen-bond acceptors (Lipinski definition) is 9. The number of urea groups is 1. The van der Waals surface area contributed by atoms with Crippen LogP contribution >= 0.6 is 0 Å². The number of aromatic nitrogens is 5. The van der Waals surface area contributed by atoms with Gasteiger partial charge in [0.25, 0.3) is 5.91 Å². The van der Waals surface area contributed by atoms with Crippen LogP contribution in [0, 0.1) is 5.82 Å². The largest absolute Gasteiger partial charge is 0.423 e. The van der Waals surface area contributed by atoms with E-state index in [0.717, 1.165) is 12.8 Å². The van der Waals surface area contributed by atoms with Gasteiger partial charge in [-0.3, -0.25) is 10.1 Å². The minimum atomic E-state index is -0.612. The van der Waals surface area contributed by atoms with E-state index in [9.17, 15) is 14.0 Å². The second-order valence-electron chi connectivity index (χ2n) is 7.67. The summed E-state index contributed by atoms with van der Waals surface area (Å²) in [6, 6.07) is 5.11. The van der Waals surface area contributed by atoms with E-state index in [1.165, 1.54) is 41.2 Å². The lowest BCUT2D eigenvalue weighted by molar-refractivity contribution is -0.115. The SMILES string of the molecule is O=C1NC(=O)/C(=C/c2cnn3c(NC4CC4)nc(Oc4ccc(F)cc4-c4ccno4)nc23)N1. The molecule has 0 bridgehead atoms. The fourth-order valence-corrected chi connectivity index (χ4v) is 3.40.